The van der Waals surface area contributed by atoms with Crippen molar-refractivity contribution in [1.29, 1.82) is 0 Å². The van der Waals surface area contributed by atoms with E-state index in [1.165, 1.54) is 22.3 Å². The van der Waals surface area contributed by atoms with Crippen molar-refractivity contribution in [2.45, 2.75) is 26.9 Å². The standard InChI is InChI=1S/C22H25NO/c1-17(2)20-13-21(12-18-8-10-23-11-9-18)22(14-20)16-24-15-19-6-4-3-5-7-19/h3-11,13-14,17,21H,12,15-16H2,1-2H3/t21-/m1/s1. The van der Waals surface area contributed by atoms with E-state index in [4.69, 9.17) is 4.74 Å². The molecule has 0 amide bonds. The first kappa shape index (κ1) is 16.7. The summed E-state index contributed by atoms with van der Waals surface area (Å²) >= 11 is 0. The van der Waals surface area contributed by atoms with Crippen molar-refractivity contribution < 1.29 is 4.74 Å². The Labute approximate surface area is 144 Å². The summed E-state index contributed by atoms with van der Waals surface area (Å²) in [6, 6.07) is 14.6. The summed E-state index contributed by atoms with van der Waals surface area (Å²) in [6.45, 7) is 5.85. The van der Waals surface area contributed by atoms with E-state index in [0.29, 0.717) is 25.0 Å². The fourth-order valence-corrected chi connectivity index (χ4v) is 3.04. The molecule has 124 valence electrons. The number of benzene rings is 1. The van der Waals surface area contributed by atoms with Crippen molar-refractivity contribution in [3.05, 3.63) is 89.3 Å². The number of hydrogen-bond acceptors (Lipinski definition) is 2. The van der Waals surface area contributed by atoms with Crippen LogP contribution in [0.4, 0.5) is 0 Å². The maximum absolute atomic E-state index is 5.99. The van der Waals surface area contributed by atoms with Gasteiger partial charge in [-0.15, -0.1) is 0 Å². The van der Waals surface area contributed by atoms with Crippen LogP contribution in [0.5, 0.6) is 0 Å². The first-order chi connectivity index (χ1) is 11.7. The normalized spacial score (nSPS) is 17.0. The lowest BCUT2D eigenvalue weighted by Gasteiger charge is -2.14. The zero-order valence-corrected chi connectivity index (χ0v) is 14.5. The number of rotatable bonds is 7. The minimum Gasteiger partial charge on any atom is -0.372 e. The summed E-state index contributed by atoms with van der Waals surface area (Å²) in [5.41, 5.74) is 5.35. The van der Waals surface area contributed by atoms with Crippen LogP contribution in [-0.4, -0.2) is 11.6 Å². The van der Waals surface area contributed by atoms with E-state index in [0.717, 1.165) is 6.42 Å². The van der Waals surface area contributed by atoms with Gasteiger partial charge in [-0.3, -0.25) is 4.98 Å². The molecule has 0 N–H and O–H groups in total. The summed E-state index contributed by atoms with van der Waals surface area (Å²) in [5, 5.41) is 0. The van der Waals surface area contributed by atoms with Crippen molar-refractivity contribution in [1.82, 2.24) is 4.98 Å². The molecule has 1 aliphatic carbocycles. The Bertz CT molecular complexity index is 701. The van der Waals surface area contributed by atoms with Gasteiger partial charge in [0.15, 0.2) is 0 Å². The number of ether oxygens (including phenoxy) is 1. The van der Waals surface area contributed by atoms with Crippen LogP contribution in [0.2, 0.25) is 0 Å². The average Bonchev–Trinajstić information content (AvgIpc) is 3.00. The first-order valence-electron chi connectivity index (χ1n) is 8.65. The zero-order valence-electron chi connectivity index (χ0n) is 14.5. The highest BCUT2D eigenvalue weighted by Gasteiger charge is 2.21. The average molecular weight is 319 g/mol. The van der Waals surface area contributed by atoms with Crippen molar-refractivity contribution >= 4 is 0 Å². The predicted molar refractivity (Wildman–Crippen MR) is 98.5 cm³/mol. The number of allylic oxidation sites excluding steroid dienone is 3. The molecule has 2 nitrogen and oxygen atoms in total. The summed E-state index contributed by atoms with van der Waals surface area (Å²) in [6.07, 6.45) is 9.49. The molecule has 0 spiro atoms. The van der Waals surface area contributed by atoms with E-state index < -0.39 is 0 Å². The molecular formula is C22H25NO. The van der Waals surface area contributed by atoms with Gasteiger partial charge in [-0.25, -0.2) is 0 Å². The fraction of sp³-hybridized carbons (Fsp3) is 0.318. The minimum atomic E-state index is 0.431. The summed E-state index contributed by atoms with van der Waals surface area (Å²) < 4.78 is 5.99. The van der Waals surface area contributed by atoms with Crippen LogP contribution in [-0.2, 0) is 17.8 Å². The molecule has 0 unspecified atom stereocenters. The van der Waals surface area contributed by atoms with Gasteiger partial charge in [-0.05, 0) is 46.7 Å². The van der Waals surface area contributed by atoms with Crippen LogP contribution >= 0.6 is 0 Å². The SMILES string of the molecule is CC(C)C1=C[C@@H](Cc2ccncc2)C(COCc2ccccc2)=C1. The number of aromatic nitrogens is 1. The number of pyridine rings is 1. The second-order valence-corrected chi connectivity index (χ2v) is 6.69. The Hall–Kier alpha value is -2.19. The second kappa shape index (κ2) is 8.07. The molecule has 2 aromatic rings. The van der Waals surface area contributed by atoms with Crippen LogP contribution in [0, 0.1) is 11.8 Å². The lowest BCUT2D eigenvalue weighted by atomic mass is 9.95. The van der Waals surface area contributed by atoms with Crippen molar-refractivity contribution in [3.8, 4) is 0 Å². The van der Waals surface area contributed by atoms with Gasteiger partial charge in [-0.2, -0.15) is 0 Å². The van der Waals surface area contributed by atoms with Gasteiger partial charge in [0.05, 0.1) is 13.2 Å². The summed E-state index contributed by atoms with van der Waals surface area (Å²) in [4.78, 5) is 4.11. The molecule has 0 bridgehead atoms. The maximum Gasteiger partial charge on any atom is 0.0721 e. The lowest BCUT2D eigenvalue weighted by molar-refractivity contribution is 0.138. The number of hydrogen-bond donors (Lipinski definition) is 0. The highest BCUT2D eigenvalue weighted by atomic mass is 16.5. The van der Waals surface area contributed by atoms with E-state index in [9.17, 15) is 0 Å². The zero-order chi connectivity index (χ0) is 16.8. The van der Waals surface area contributed by atoms with Gasteiger partial charge in [0.25, 0.3) is 0 Å². The topological polar surface area (TPSA) is 22.1 Å². The molecule has 1 heterocycles. The molecule has 3 rings (SSSR count). The van der Waals surface area contributed by atoms with Gasteiger partial charge < -0.3 is 4.74 Å². The molecule has 2 heteroatoms. The Morgan fingerprint density at radius 3 is 2.42 bits per heavy atom. The molecule has 0 radical (unpaired) electrons. The summed E-state index contributed by atoms with van der Waals surface area (Å²) in [5.74, 6) is 0.983. The number of nitrogens with zero attached hydrogens (tertiary/aromatic N) is 1. The third-order valence-electron chi connectivity index (χ3n) is 4.47. The Kier molecular flexibility index (Phi) is 5.60. The maximum atomic E-state index is 5.99. The minimum absolute atomic E-state index is 0.431. The molecule has 1 aromatic carbocycles. The van der Waals surface area contributed by atoms with Gasteiger partial charge >= 0.3 is 0 Å². The van der Waals surface area contributed by atoms with E-state index in [-0.39, 0.29) is 0 Å². The molecule has 0 saturated carbocycles. The fourth-order valence-electron chi connectivity index (χ4n) is 3.04. The highest BCUT2D eigenvalue weighted by molar-refractivity contribution is 5.38. The van der Waals surface area contributed by atoms with Crippen LogP contribution in [0.1, 0.15) is 25.0 Å². The van der Waals surface area contributed by atoms with E-state index in [1.807, 2.05) is 18.5 Å². The first-order valence-corrected chi connectivity index (χ1v) is 8.65. The van der Waals surface area contributed by atoms with Crippen LogP contribution in [0.25, 0.3) is 0 Å². The van der Waals surface area contributed by atoms with Crippen molar-refractivity contribution in [2.75, 3.05) is 6.61 Å². The van der Waals surface area contributed by atoms with E-state index in [2.05, 4.69) is 67.4 Å². The molecule has 1 aliphatic rings. The van der Waals surface area contributed by atoms with Crippen LogP contribution in [0.15, 0.2) is 78.2 Å². The van der Waals surface area contributed by atoms with Crippen molar-refractivity contribution in [2.24, 2.45) is 11.8 Å². The Morgan fingerprint density at radius 1 is 0.958 bits per heavy atom. The molecule has 1 aromatic heterocycles. The highest BCUT2D eigenvalue weighted by Crippen LogP contribution is 2.31. The Balaban J connectivity index is 1.63. The molecule has 0 aliphatic heterocycles. The molecular weight excluding hydrogens is 294 g/mol. The quantitative estimate of drug-likeness (QED) is 0.718. The van der Waals surface area contributed by atoms with Gasteiger partial charge in [0, 0.05) is 18.3 Å². The van der Waals surface area contributed by atoms with Gasteiger partial charge in [-0.1, -0.05) is 56.3 Å². The predicted octanol–water partition coefficient (Wildman–Crippen LogP) is 4.98. The molecule has 0 saturated heterocycles. The van der Waals surface area contributed by atoms with Gasteiger partial charge in [0.2, 0.25) is 0 Å². The third-order valence-corrected chi connectivity index (χ3v) is 4.47. The lowest BCUT2D eigenvalue weighted by Crippen LogP contribution is -2.08. The third kappa shape index (κ3) is 4.42. The molecule has 0 fully saturated rings. The van der Waals surface area contributed by atoms with Crippen LogP contribution in [0.3, 0.4) is 0 Å². The van der Waals surface area contributed by atoms with E-state index in [1.54, 1.807) is 0 Å². The molecule has 24 heavy (non-hydrogen) atoms. The van der Waals surface area contributed by atoms with Crippen LogP contribution < -0.4 is 0 Å². The van der Waals surface area contributed by atoms with E-state index >= 15 is 0 Å². The molecule has 1 atom stereocenters. The second-order valence-electron chi connectivity index (χ2n) is 6.69. The smallest absolute Gasteiger partial charge is 0.0721 e. The monoisotopic (exact) mass is 319 g/mol. The largest absolute Gasteiger partial charge is 0.372 e. The van der Waals surface area contributed by atoms with Gasteiger partial charge in [0.1, 0.15) is 0 Å². The van der Waals surface area contributed by atoms with Crippen molar-refractivity contribution in [3.63, 3.8) is 0 Å². The summed E-state index contributed by atoms with van der Waals surface area (Å²) in [7, 11) is 0. The Morgan fingerprint density at radius 2 is 1.71 bits per heavy atom.